The summed E-state index contributed by atoms with van der Waals surface area (Å²) in [6.07, 6.45) is 0. The van der Waals surface area contributed by atoms with E-state index in [4.69, 9.17) is 0 Å². The summed E-state index contributed by atoms with van der Waals surface area (Å²) in [4.78, 5) is 22.2. The van der Waals surface area contributed by atoms with Gasteiger partial charge in [-0.25, -0.2) is 9.18 Å². The third-order valence-corrected chi connectivity index (χ3v) is 3.58. The van der Waals surface area contributed by atoms with Crippen LogP contribution in [0.5, 0.6) is 0 Å². The van der Waals surface area contributed by atoms with Gasteiger partial charge in [-0.15, -0.1) is 0 Å². The van der Waals surface area contributed by atoms with Crippen LogP contribution in [-0.2, 0) is 26.1 Å². The molecule has 0 radical (unpaired) electrons. The van der Waals surface area contributed by atoms with Crippen molar-refractivity contribution < 1.29 is 22.9 Å². The SMILES string of the molecule is CNC(=O)CS(=O)Cc1ccc(C(=O)OC)c(F)c1. The monoisotopic (exact) mass is 287 g/mol. The third-order valence-electron chi connectivity index (χ3n) is 2.34. The Morgan fingerprint density at radius 1 is 1.42 bits per heavy atom. The summed E-state index contributed by atoms with van der Waals surface area (Å²) < 4.78 is 29.6. The molecule has 0 bridgehead atoms. The number of methoxy groups -OCH3 is 1. The summed E-state index contributed by atoms with van der Waals surface area (Å²) in [6, 6.07) is 3.87. The molecule has 104 valence electrons. The molecule has 1 atom stereocenters. The maximum absolute atomic E-state index is 13.6. The zero-order chi connectivity index (χ0) is 14.4. The Hall–Kier alpha value is -1.76. The van der Waals surface area contributed by atoms with E-state index in [1.165, 1.54) is 19.2 Å². The highest BCUT2D eigenvalue weighted by atomic mass is 32.2. The second-order valence-electron chi connectivity index (χ2n) is 3.71. The smallest absolute Gasteiger partial charge is 0.340 e. The molecule has 19 heavy (non-hydrogen) atoms. The predicted octanol–water partition coefficient (Wildman–Crippen LogP) is 0.607. The molecule has 5 nitrogen and oxygen atoms in total. The van der Waals surface area contributed by atoms with Crippen molar-refractivity contribution in [1.82, 2.24) is 5.32 Å². The van der Waals surface area contributed by atoms with E-state index in [0.717, 1.165) is 13.2 Å². The van der Waals surface area contributed by atoms with Crippen LogP contribution >= 0.6 is 0 Å². The van der Waals surface area contributed by atoms with Crippen LogP contribution in [0.15, 0.2) is 18.2 Å². The fourth-order valence-corrected chi connectivity index (χ4v) is 2.47. The molecular weight excluding hydrogens is 273 g/mol. The number of carbonyl (C=O) groups is 2. The number of rotatable bonds is 5. The number of nitrogens with one attached hydrogen (secondary N) is 1. The maximum Gasteiger partial charge on any atom is 0.340 e. The summed E-state index contributed by atoms with van der Waals surface area (Å²) in [5.74, 6) is -1.94. The molecule has 1 amide bonds. The van der Waals surface area contributed by atoms with Crippen LogP contribution in [0.25, 0.3) is 0 Å². The van der Waals surface area contributed by atoms with Crippen molar-refractivity contribution in [3.05, 3.63) is 35.1 Å². The molecular formula is C12H14FNO4S. The molecule has 0 aromatic heterocycles. The van der Waals surface area contributed by atoms with Gasteiger partial charge in [-0.2, -0.15) is 0 Å². The van der Waals surface area contributed by atoms with Gasteiger partial charge in [0.2, 0.25) is 5.91 Å². The van der Waals surface area contributed by atoms with Crippen LogP contribution in [-0.4, -0.2) is 36.0 Å². The lowest BCUT2D eigenvalue weighted by Gasteiger charge is -2.05. The quantitative estimate of drug-likeness (QED) is 0.805. The van der Waals surface area contributed by atoms with Crippen LogP contribution in [0, 0.1) is 5.82 Å². The van der Waals surface area contributed by atoms with Crippen molar-refractivity contribution in [3.8, 4) is 0 Å². The molecule has 0 fully saturated rings. The van der Waals surface area contributed by atoms with Gasteiger partial charge >= 0.3 is 5.97 Å². The molecule has 0 spiro atoms. The van der Waals surface area contributed by atoms with Crippen molar-refractivity contribution >= 4 is 22.7 Å². The lowest BCUT2D eigenvalue weighted by atomic mass is 10.1. The van der Waals surface area contributed by atoms with E-state index in [1.807, 2.05) is 0 Å². The average molecular weight is 287 g/mol. The molecule has 0 saturated carbocycles. The molecule has 1 aromatic rings. The lowest BCUT2D eigenvalue weighted by molar-refractivity contribution is -0.118. The molecule has 0 aliphatic rings. The van der Waals surface area contributed by atoms with E-state index < -0.39 is 22.6 Å². The number of hydrogen-bond donors (Lipinski definition) is 1. The molecule has 0 aliphatic heterocycles. The summed E-state index contributed by atoms with van der Waals surface area (Å²) in [5, 5.41) is 2.36. The van der Waals surface area contributed by atoms with Gasteiger partial charge in [0.1, 0.15) is 11.6 Å². The lowest BCUT2D eigenvalue weighted by Crippen LogP contribution is -2.24. The summed E-state index contributed by atoms with van der Waals surface area (Å²) in [7, 11) is 1.19. The van der Waals surface area contributed by atoms with Crippen LogP contribution in [0.2, 0.25) is 0 Å². The minimum absolute atomic E-state index is 0.0474. The Bertz CT molecular complexity index is 518. The zero-order valence-corrected chi connectivity index (χ0v) is 11.4. The normalized spacial score (nSPS) is 11.7. The Morgan fingerprint density at radius 3 is 2.63 bits per heavy atom. The highest BCUT2D eigenvalue weighted by Gasteiger charge is 2.14. The Balaban J connectivity index is 2.76. The maximum atomic E-state index is 13.6. The standard InChI is InChI=1S/C12H14FNO4S/c1-14-11(15)7-19(17)6-8-3-4-9(10(13)5-8)12(16)18-2/h3-5H,6-7H2,1-2H3,(H,14,15). The van der Waals surface area contributed by atoms with E-state index in [1.54, 1.807) is 0 Å². The first kappa shape index (κ1) is 15.3. The van der Waals surface area contributed by atoms with Crippen molar-refractivity contribution in [1.29, 1.82) is 0 Å². The summed E-state index contributed by atoms with van der Waals surface area (Å²) >= 11 is 0. The first-order valence-electron chi connectivity index (χ1n) is 5.40. The van der Waals surface area contributed by atoms with Gasteiger partial charge in [0.15, 0.2) is 0 Å². The van der Waals surface area contributed by atoms with Crippen LogP contribution in [0.4, 0.5) is 4.39 Å². The van der Waals surface area contributed by atoms with Gasteiger partial charge in [0.25, 0.3) is 0 Å². The zero-order valence-electron chi connectivity index (χ0n) is 10.6. The molecule has 0 aliphatic carbocycles. The van der Waals surface area contributed by atoms with Gasteiger partial charge < -0.3 is 10.1 Å². The fraction of sp³-hybridized carbons (Fsp3) is 0.333. The second-order valence-corrected chi connectivity index (χ2v) is 5.16. The molecule has 0 heterocycles. The summed E-state index contributed by atoms with van der Waals surface area (Å²) in [5.41, 5.74) is 0.274. The van der Waals surface area contributed by atoms with Crippen molar-refractivity contribution in [2.45, 2.75) is 5.75 Å². The number of hydrogen-bond acceptors (Lipinski definition) is 4. The molecule has 1 N–H and O–H groups in total. The van der Waals surface area contributed by atoms with Crippen LogP contribution < -0.4 is 5.32 Å². The highest BCUT2D eigenvalue weighted by Crippen LogP contribution is 2.13. The molecule has 1 rings (SSSR count). The molecule has 0 saturated heterocycles. The van der Waals surface area contributed by atoms with Crippen molar-refractivity contribution in [2.24, 2.45) is 0 Å². The van der Waals surface area contributed by atoms with Gasteiger partial charge in [-0.1, -0.05) is 6.07 Å². The average Bonchev–Trinajstić information content (AvgIpc) is 2.37. The fourth-order valence-electron chi connectivity index (χ4n) is 1.38. The second kappa shape index (κ2) is 6.98. The van der Waals surface area contributed by atoms with Gasteiger partial charge in [-0.3, -0.25) is 9.00 Å². The van der Waals surface area contributed by atoms with Gasteiger partial charge in [-0.05, 0) is 17.7 Å². The Labute approximate surface area is 112 Å². The number of carbonyl (C=O) groups excluding carboxylic acids is 2. The third kappa shape index (κ3) is 4.44. The Kier molecular flexibility index (Phi) is 5.62. The molecule has 1 aromatic carbocycles. The van der Waals surface area contributed by atoms with E-state index >= 15 is 0 Å². The minimum atomic E-state index is -1.42. The highest BCUT2D eigenvalue weighted by molar-refractivity contribution is 7.84. The first-order chi connectivity index (χ1) is 8.97. The largest absolute Gasteiger partial charge is 0.465 e. The van der Waals surface area contributed by atoms with E-state index in [-0.39, 0.29) is 23.0 Å². The van der Waals surface area contributed by atoms with E-state index in [2.05, 4.69) is 10.1 Å². The number of esters is 1. The number of ether oxygens (including phenoxy) is 1. The van der Waals surface area contributed by atoms with E-state index in [0.29, 0.717) is 5.56 Å². The number of halogens is 1. The van der Waals surface area contributed by atoms with Crippen LogP contribution in [0.1, 0.15) is 15.9 Å². The predicted molar refractivity (Wildman–Crippen MR) is 68.5 cm³/mol. The minimum Gasteiger partial charge on any atom is -0.465 e. The van der Waals surface area contributed by atoms with Crippen molar-refractivity contribution in [3.63, 3.8) is 0 Å². The summed E-state index contributed by atoms with van der Waals surface area (Å²) in [6.45, 7) is 0. The van der Waals surface area contributed by atoms with Crippen LogP contribution in [0.3, 0.4) is 0 Å². The Morgan fingerprint density at radius 2 is 2.11 bits per heavy atom. The van der Waals surface area contributed by atoms with Gasteiger partial charge in [0, 0.05) is 23.6 Å². The van der Waals surface area contributed by atoms with Gasteiger partial charge in [0.05, 0.1) is 12.7 Å². The topological polar surface area (TPSA) is 72.5 Å². The molecule has 7 heteroatoms. The van der Waals surface area contributed by atoms with Crippen molar-refractivity contribution in [2.75, 3.05) is 19.9 Å². The molecule has 1 unspecified atom stereocenters. The number of amides is 1. The number of benzene rings is 1. The van der Waals surface area contributed by atoms with E-state index in [9.17, 15) is 18.2 Å². The first-order valence-corrected chi connectivity index (χ1v) is 6.89.